The fraction of sp³-hybridized carbons (Fsp3) is 0.400. The van der Waals surface area contributed by atoms with Gasteiger partial charge in [-0.2, -0.15) is 0 Å². The van der Waals surface area contributed by atoms with E-state index in [4.69, 9.17) is 4.74 Å². The normalized spacial score (nSPS) is 11.4. The smallest absolute Gasteiger partial charge is 0.218 e. The Labute approximate surface area is 134 Å². The molecule has 118 valence electrons. The van der Waals surface area contributed by atoms with Crippen LogP contribution in [0.4, 0.5) is 0 Å². The molecule has 2 rings (SSSR count). The minimum absolute atomic E-state index is 0.590. The average Bonchev–Trinajstić information content (AvgIpc) is 2.86. The summed E-state index contributed by atoms with van der Waals surface area (Å²) in [7, 11) is 3.36. The number of rotatable bonds is 5. The summed E-state index contributed by atoms with van der Waals surface area (Å²) in [5.41, 5.74) is 2.07. The van der Waals surface area contributed by atoms with Gasteiger partial charge in [0.25, 0.3) is 0 Å². The first-order chi connectivity index (χ1) is 10.6. The lowest BCUT2D eigenvalue weighted by molar-refractivity contribution is 0.392. The lowest BCUT2D eigenvalue weighted by Crippen LogP contribution is -2.36. The van der Waals surface area contributed by atoms with Gasteiger partial charge in [-0.1, -0.05) is 6.07 Å². The molecule has 0 amide bonds. The first-order valence-corrected chi connectivity index (χ1v) is 7.81. The number of aliphatic imine (C=N–C) groups is 1. The van der Waals surface area contributed by atoms with Crippen molar-refractivity contribution < 1.29 is 4.74 Å². The van der Waals surface area contributed by atoms with E-state index in [0.29, 0.717) is 19.0 Å². The number of aromatic nitrogens is 2. The molecule has 0 spiro atoms. The van der Waals surface area contributed by atoms with E-state index in [0.717, 1.165) is 22.2 Å². The molecule has 0 fully saturated rings. The van der Waals surface area contributed by atoms with E-state index in [2.05, 4.69) is 32.5 Å². The van der Waals surface area contributed by atoms with Crippen LogP contribution in [0.1, 0.15) is 21.1 Å². The summed E-state index contributed by atoms with van der Waals surface area (Å²) < 4.78 is 5.24. The molecule has 0 unspecified atom stereocenters. The maximum absolute atomic E-state index is 5.24. The summed E-state index contributed by atoms with van der Waals surface area (Å²) >= 11 is 1.70. The number of nitrogens with one attached hydrogen (secondary N) is 2. The Kier molecular flexibility index (Phi) is 5.71. The second-order valence-corrected chi connectivity index (χ2v) is 5.99. The third-order valence-corrected chi connectivity index (χ3v) is 4.27. The molecule has 0 aliphatic rings. The van der Waals surface area contributed by atoms with Crippen molar-refractivity contribution in [1.29, 1.82) is 0 Å². The quantitative estimate of drug-likeness (QED) is 0.652. The zero-order chi connectivity index (χ0) is 15.9. The summed E-state index contributed by atoms with van der Waals surface area (Å²) in [6, 6.07) is 3.86. The van der Waals surface area contributed by atoms with Crippen molar-refractivity contribution in [3.05, 3.63) is 39.5 Å². The van der Waals surface area contributed by atoms with Crippen LogP contribution < -0.4 is 15.4 Å². The second-order valence-electron chi connectivity index (χ2n) is 4.70. The van der Waals surface area contributed by atoms with Crippen LogP contribution in [0.5, 0.6) is 5.88 Å². The summed E-state index contributed by atoms with van der Waals surface area (Å²) in [5, 5.41) is 7.56. The molecule has 0 bridgehead atoms. The molecule has 6 nitrogen and oxygen atoms in total. The molecule has 7 heteroatoms. The first-order valence-electron chi connectivity index (χ1n) is 6.99. The minimum Gasteiger partial charge on any atom is -0.481 e. The van der Waals surface area contributed by atoms with E-state index >= 15 is 0 Å². The lowest BCUT2D eigenvalue weighted by atomic mass is 10.3. The Bertz CT molecular complexity index is 634. The van der Waals surface area contributed by atoms with Gasteiger partial charge >= 0.3 is 0 Å². The Balaban J connectivity index is 1.90. The maximum Gasteiger partial charge on any atom is 0.218 e. The van der Waals surface area contributed by atoms with Crippen LogP contribution in [-0.2, 0) is 13.1 Å². The van der Waals surface area contributed by atoms with Crippen LogP contribution in [0.25, 0.3) is 0 Å². The molecular weight excluding hydrogens is 298 g/mol. The predicted octanol–water partition coefficient (Wildman–Crippen LogP) is 2.03. The van der Waals surface area contributed by atoms with Crippen molar-refractivity contribution in [3.63, 3.8) is 0 Å². The van der Waals surface area contributed by atoms with E-state index in [1.54, 1.807) is 31.7 Å². The van der Waals surface area contributed by atoms with Crippen LogP contribution in [-0.4, -0.2) is 30.1 Å². The maximum atomic E-state index is 5.24. The van der Waals surface area contributed by atoms with Crippen LogP contribution in [0.15, 0.2) is 23.3 Å². The molecule has 2 aromatic heterocycles. The molecule has 0 aromatic carbocycles. The molecule has 0 radical (unpaired) electrons. The number of nitrogens with zero attached hydrogens (tertiary/aromatic N) is 3. The van der Waals surface area contributed by atoms with Crippen molar-refractivity contribution >= 4 is 17.3 Å². The minimum atomic E-state index is 0.590. The van der Waals surface area contributed by atoms with Gasteiger partial charge in [-0.3, -0.25) is 4.99 Å². The summed E-state index contributed by atoms with van der Waals surface area (Å²) in [6.45, 7) is 5.35. The predicted molar refractivity (Wildman–Crippen MR) is 89.4 cm³/mol. The highest BCUT2D eigenvalue weighted by molar-refractivity contribution is 7.11. The van der Waals surface area contributed by atoms with E-state index in [1.807, 2.05) is 19.1 Å². The van der Waals surface area contributed by atoms with Gasteiger partial charge in [0, 0.05) is 30.2 Å². The van der Waals surface area contributed by atoms with Gasteiger partial charge in [-0.15, -0.1) is 11.3 Å². The zero-order valence-electron chi connectivity index (χ0n) is 13.3. The number of pyridine rings is 1. The average molecular weight is 319 g/mol. The van der Waals surface area contributed by atoms with Crippen molar-refractivity contribution in [2.75, 3.05) is 14.2 Å². The topological polar surface area (TPSA) is 71.4 Å². The fourth-order valence-corrected chi connectivity index (χ4v) is 2.79. The Morgan fingerprint density at radius 1 is 1.32 bits per heavy atom. The molecule has 22 heavy (non-hydrogen) atoms. The van der Waals surface area contributed by atoms with E-state index in [9.17, 15) is 0 Å². The summed E-state index contributed by atoms with van der Waals surface area (Å²) in [4.78, 5) is 14.1. The van der Waals surface area contributed by atoms with Crippen LogP contribution in [0.2, 0.25) is 0 Å². The van der Waals surface area contributed by atoms with E-state index in [1.165, 1.54) is 4.88 Å². The van der Waals surface area contributed by atoms with Gasteiger partial charge in [0.1, 0.15) is 5.01 Å². The molecule has 2 heterocycles. The van der Waals surface area contributed by atoms with Gasteiger partial charge in [0.05, 0.1) is 19.3 Å². The molecule has 0 aliphatic carbocycles. The van der Waals surface area contributed by atoms with Gasteiger partial charge in [0.2, 0.25) is 5.88 Å². The fourth-order valence-electron chi connectivity index (χ4n) is 1.92. The van der Waals surface area contributed by atoms with E-state index < -0.39 is 0 Å². The summed E-state index contributed by atoms with van der Waals surface area (Å²) in [5.74, 6) is 1.34. The van der Waals surface area contributed by atoms with Gasteiger partial charge in [-0.05, 0) is 19.9 Å². The molecule has 0 saturated heterocycles. The number of aryl methyl sites for hydroxylation is 2. The number of hydrogen-bond acceptors (Lipinski definition) is 5. The molecule has 0 aliphatic heterocycles. The molecule has 0 saturated carbocycles. The zero-order valence-corrected chi connectivity index (χ0v) is 14.1. The monoisotopic (exact) mass is 319 g/mol. The number of hydrogen-bond donors (Lipinski definition) is 2. The molecule has 0 atom stereocenters. The van der Waals surface area contributed by atoms with E-state index in [-0.39, 0.29) is 0 Å². The summed E-state index contributed by atoms with van der Waals surface area (Å²) in [6.07, 6.45) is 1.71. The number of ether oxygens (including phenoxy) is 1. The van der Waals surface area contributed by atoms with Gasteiger partial charge < -0.3 is 15.4 Å². The van der Waals surface area contributed by atoms with Crippen LogP contribution >= 0.6 is 11.3 Å². The SMILES string of the molecule is CN=C(NCc1nc(C)c(C)s1)NCc1cccnc1OC. The lowest BCUT2D eigenvalue weighted by Gasteiger charge is -2.12. The van der Waals surface area contributed by atoms with Crippen molar-refractivity contribution in [3.8, 4) is 5.88 Å². The van der Waals surface area contributed by atoms with Crippen LogP contribution in [0, 0.1) is 13.8 Å². The molecular formula is C15H21N5OS. The third kappa shape index (κ3) is 4.17. The van der Waals surface area contributed by atoms with Gasteiger partial charge in [0.15, 0.2) is 5.96 Å². The molecule has 2 N–H and O–H groups in total. The second kappa shape index (κ2) is 7.74. The third-order valence-electron chi connectivity index (χ3n) is 3.19. The highest BCUT2D eigenvalue weighted by atomic mass is 32.1. The number of thiazole rings is 1. The number of guanidine groups is 1. The Morgan fingerprint density at radius 3 is 2.73 bits per heavy atom. The highest BCUT2D eigenvalue weighted by Gasteiger charge is 2.06. The Morgan fingerprint density at radius 2 is 2.09 bits per heavy atom. The highest BCUT2D eigenvalue weighted by Crippen LogP contribution is 2.16. The Hall–Kier alpha value is -2.15. The largest absolute Gasteiger partial charge is 0.481 e. The standard InChI is InChI=1S/C15H21N5OS/c1-10-11(2)22-13(20-10)9-19-15(16-3)18-8-12-6-5-7-17-14(12)21-4/h5-7H,8-9H2,1-4H3,(H2,16,18,19). The van der Waals surface area contributed by atoms with Crippen LogP contribution in [0.3, 0.4) is 0 Å². The van der Waals surface area contributed by atoms with Gasteiger partial charge in [-0.25, -0.2) is 9.97 Å². The van der Waals surface area contributed by atoms with Crippen molar-refractivity contribution in [2.45, 2.75) is 26.9 Å². The first kappa shape index (κ1) is 16.2. The van der Waals surface area contributed by atoms with Crippen molar-refractivity contribution in [1.82, 2.24) is 20.6 Å². The number of methoxy groups -OCH3 is 1. The molecule has 2 aromatic rings. The van der Waals surface area contributed by atoms with Crippen molar-refractivity contribution in [2.24, 2.45) is 4.99 Å².